The van der Waals surface area contributed by atoms with Crippen LogP contribution in [-0.2, 0) is 6.61 Å². The molecule has 0 aliphatic heterocycles. The zero-order valence-electron chi connectivity index (χ0n) is 8.25. The number of hydrogen-bond donors (Lipinski definition) is 2. The number of rotatable bonds is 4. The quantitative estimate of drug-likeness (QED) is 0.803. The molecule has 2 aromatic heterocycles. The summed E-state index contributed by atoms with van der Waals surface area (Å²) in [6.45, 7) is 0.180. The number of carboxylic acid groups (broad SMARTS) is 1. The number of aromatic carboxylic acids is 1. The van der Waals surface area contributed by atoms with Gasteiger partial charge in [0.15, 0.2) is 0 Å². The predicted octanol–water partition coefficient (Wildman–Crippen LogP) is 1.08. The van der Waals surface area contributed by atoms with Gasteiger partial charge in [0, 0.05) is 6.20 Å². The van der Waals surface area contributed by atoms with E-state index in [1.807, 2.05) is 0 Å². The molecule has 2 rings (SSSR count). The van der Waals surface area contributed by atoms with E-state index in [1.54, 1.807) is 24.5 Å². The number of carbonyl (C=O) groups is 1. The Morgan fingerprint density at radius 2 is 2.38 bits per heavy atom. The third-order valence-electron chi connectivity index (χ3n) is 1.87. The minimum absolute atomic E-state index is 0.0461. The van der Waals surface area contributed by atoms with Crippen LogP contribution < -0.4 is 4.74 Å². The topological polar surface area (TPSA) is 88.1 Å². The summed E-state index contributed by atoms with van der Waals surface area (Å²) in [6, 6.07) is 3.51. The first-order valence-corrected chi connectivity index (χ1v) is 4.55. The van der Waals surface area contributed by atoms with Crippen molar-refractivity contribution in [3.8, 4) is 5.75 Å². The molecule has 0 aliphatic carbocycles. The van der Waals surface area contributed by atoms with E-state index >= 15 is 0 Å². The Labute approximate surface area is 90.9 Å². The molecule has 82 valence electrons. The lowest BCUT2D eigenvalue weighted by atomic mass is 10.5. The second kappa shape index (κ2) is 4.43. The largest absolute Gasteiger partial charge is 0.484 e. The van der Waals surface area contributed by atoms with Crippen molar-refractivity contribution in [3.05, 3.63) is 42.2 Å². The van der Waals surface area contributed by atoms with Crippen molar-refractivity contribution in [1.82, 2.24) is 15.0 Å². The van der Waals surface area contributed by atoms with Crippen LogP contribution in [0.4, 0.5) is 0 Å². The molecular formula is C10H9N3O3. The summed E-state index contributed by atoms with van der Waals surface area (Å²) >= 11 is 0. The number of H-pyrrole nitrogens is 1. The van der Waals surface area contributed by atoms with Gasteiger partial charge in [-0.2, -0.15) is 0 Å². The van der Waals surface area contributed by atoms with Gasteiger partial charge in [-0.05, 0) is 12.1 Å². The first-order valence-electron chi connectivity index (χ1n) is 4.55. The van der Waals surface area contributed by atoms with Crippen molar-refractivity contribution >= 4 is 5.97 Å². The van der Waals surface area contributed by atoms with E-state index in [0.29, 0.717) is 11.6 Å². The molecule has 0 aliphatic rings. The van der Waals surface area contributed by atoms with Crippen molar-refractivity contribution < 1.29 is 14.6 Å². The number of aromatic nitrogens is 3. The molecule has 2 N–H and O–H groups in total. The highest BCUT2D eigenvalue weighted by Crippen LogP contribution is 2.08. The zero-order valence-corrected chi connectivity index (χ0v) is 8.25. The van der Waals surface area contributed by atoms with Gasteiger partial charge < -0.3 is 14.8 Å². The van der Waals surface area contributed by atoms with Crippen LogP contribution in [0.25, 0.3) is 0 Å². The highest BCUT2D eigenvalue weighted by molar-refractivity contribution is 5.84. The number of hydrogen-bond acceptors (Lipinski definition) is 4. The van der Waals surface area contributed by atoms with Crippen LogP contribution in [-0.4, -0.2) is 26.0 Å². The van der Waals surface area contributed by atoms with E-state index in [4.69, 9.17) is 9.84 Å². The van der Waals surface area contributed by atoms with Crippen LogP contribution in [0.1, 0.15) is 16.3 Å². The van der Waals surface area contributed by atoms with Gasteiger partial charge in [0.05, 0.1) is 12.4 Å². The summed E-state index contributed by atoms with van der Waals surface area (Å²) in [5.41, 5.74) is 0.0461. The highest BCUT2D eigenvalue weighted by atomic mass is 16.5. The highest BCUT2D eigenvalue weighted by Gasteiger charge is 2.07. The molecule has 0 saturated heterocycles. The van der Waals surface area contributed by atoms with Crippen LogP contribution in [0.15, 0.2) is 30.7 Å². The fraction of sp³-hybridized carbons (Fsp3) is 0.100. The van der Waals surface area contributed by atoms with Crippen molar-refractivity contribution in [2.75, 3.05) is 0 Å². The number of ether oxygens (including phenoxy) is 1. The molecule has 0 fully saturated rings. The smallest absolute Gasteiger partial charge is 0.353 e. The average Bonchev–Trinajstić information content (AvgIpc) is 2.76. The van der Waals surface area contributed by atoms with E-state index in [2.05, 4.69) is 15.0 Å². The van der Waals surface area contributed by atoms with Crippen LogP contribution in [0.5, 0.6) is 5.75 Å². The maximum Gasteiger partial charge on any atom is 0.353 e. The first-order chi connectivity index (χ1) is 7.75. The third-order valence-corrected chi connectivity index (χ3v) is 1.87. The van der Waals surface area contributed by atoms with Crippen LogP contribution in [0.2, 0.25) is 0 Å². The molecule has 6 nitrogen and oxygen atoms in total. The Morgan fingerprint density at radius 3 is 3.00 bits per heavy atom. The van der Waals surface area contributed by atoms with Crippen LogP contribution >= 0.6 is 0 Å². The molecule has 0 spiro atoms. The van der Waals surface area contributed by atoms with Gasteiger partial charge >= 0.3 is 5.97 Å². The fourth-order valence-electron chi connectivity index (χ4n) is 1.13. The maximum atomic E-state index is 10.6. The fourth-order valence-corrected chi connectivity index (χ4v) is 1.13. The molecule has 0 aromatic carbocycles. The lowest BCUT2D eigenvalue weighted by molar-refractivity contribution is 0.0691. The number of aromatic amines is 1. The minimum Gasteiger partial charge on any atom is -0.484 e. The lowest BCUT2D eigenvalue weighted by Crippen LogP contribution is -2.00. The number of nitrogens with one attached hydrogen (secondary N) is 1. The molecule has 0 atom stereocenters. The van der Waals surface area contributed by atoms with Gasteiger partial charge in [-0.25, -0.2) is 9.78 Å². The minimum atomic E-state index is -1.04. The Kier molecular flexibility index (Phi) is 2.81. The Balaban J connectivity index is 1.97. The summed E-state index contributed by atoms with van der Waals surface area (Å²) in [6.07, 6.45) is 4.47. The normalized spacial score (nSPS) is 10.0. The summed E-state index contributed by atoms with van der Waals surface area (Å²) in [7, 11) is 0. The van der Waals surface area contributed by atoms with E-state index in [-0.39, 0.29) is 12.3 Å². The molecule has 6 heteroatoms. The van der Waals surface area contributed by atoms with Gasteiger partial charge in [-0.1, -0.05) is 0 Å². The molecule has 0 amide bonds. The van der Waals surface area contributed by atoms with Gasteiger partial charge in [0.1, 0.15) is 23.9 Å². The van der Waals surface area contributed by atoms with Crippen molar-refractivity contribution in [1.29, 1.82) is 0 Å². The molecule has 2 aromatic rings. The second-order valence-corrected chi connectivity index (χ2v) is 3.03. The van der Waals surface area contributed by atoms with Crippen molar-refractivity contribution in [2.24, 2.45) is 0 Å². The number of pyridine rings is 1. The van der Waals surface area contributed by atoms with Gasteiger partial charge in [-0.15, -0.1) is 0 Å². The summed E-state index contributed by atoms with van der Waals surface area (Å²) < 4.78 is 5.34. The van der Waals surface area contributed by atoms with Gasteiger partial charge in [0.2, 0.25) is 0 Å². The van der Waals surface area contributed by atoms with E-state index in [0.717, 1.165) is 0 Å². The molecule has 2 heterocycles. The SMILES string of the molecule is O=C(O)c1cnc(COc2cccnc2)[nH]1. The van der Waals surface area contributed by atoms with Crippen LogP contribution in [0.3, 0.4) is 0 Å². The first kappa shape index (κ1) is 10.2. The maximum absolute atomic E-state index is 10.6. The van der Waals surface area contributed by atoms with Crippen molar-refractivity contribution in [3.63, 3.8) is 0 Å². The summed E-state index contributed by atoms with van der Waals surface area (Å²) in [5.74, 6) is 0.0251. The Morgan fingerprint density at radius 1 is 1.50 bits per heavy atom. The summed E-state index contributed by atoms with van der Waals surface area (Å²) in [4.78, 5) is 20.9. The second-order valence-electron chi connectivity index (χ2n) is 3.03. The number of carboxylic acids is 1. The van der Waals surface area contributed by atoms with E-state index in [1.165, 1.54) is 6.20 Å². The van der Waals surface area contributed by atoms with Crippen LogP contribution in [0, 0.1) is 0 Å². The third kappa shape index (κ3) is 2.35. The molecule has 16 heavy (non-hydrogen) atoms. The van der Waals surface area contributed by atoms with Gasteiger partial charge in [0.25, 0.3) is 0 Å². The van der Waals surface area contributed by atoms with Crippen molar-refractivity contribution in [2.45, 2.75) is 6.61 Å². The monoisotopic (exact) mass is 219 g/mol. The predicted molar refractivity (Wildman–Crippen MR) is 54.1 cm³/mol. The zero-order chi connectivity index (χ0) is 11.4. The Hall–Kier alpha value is -2.37. The molecule has 0 unspecified atom stereocenters. The summed E-state index contributed by atoms with van der Waals surface area (Å²) in [5, 5.41) is 8.66. The Bertz CT molecular complexity index is 481. The number of imidazole rings is 1. The average molecular weight is 219 g/mol. The standard InChI is InChI=1S/C10H9N3O3/c14-10(15)8-5-12-9(13-8)6-16-7-2-1-3-11-4-7/h1-5H,6H2,(H,12,13)(H,14,15). The molecule has 0 saturated carbocycles. The van der Waals surface area contributed by atoms with E-state index in [9.17, 15) is 4.79 Å². The molecule has 0 bridgehead atoms. The van der Waals surface area contributed by atoms with Gasteiger partial charge in [-0.3, -0.25) is 4.98 Å². The number of nitrogens with zero attached hydrogens (tertiary/aromatic N) is 2. The lowest BCUT2D eigenvalue weighted by Gasteiger charge is -2.02. The molecular weight excluding hydrogens is 210 g/mol. The molecule has 0 radical (unpaired) electrons. The van der Waals surface area contributed by atoms with E-state index < -0.39 is 5.97 Å².